The molecule has 0 spiro atoms. The molecule has 19 heavy (non-hydrogen) atoms. The van der Waals surface area contributed by atoms with E-state index in [4.69, 9.17) is 4.74 Å². The zero-order valence-electron chi connectivity index (χ0n) is 10.3. The fraction of sp³-hybridized carbons (Fsp3) is 0.143. The van der Waals surface area contributed by atoms with E-state index in [0.29, 0.717) is 17.9 Å². The molecule has 0 radical (unpaired) electrons. The Labute approximate surface area is 119 Å². The summed E-state index contributed by atoms with van der Waals surface area (Å²) < 4.78 is 6.62. The molecule has 2 rings (SSSR count). The highest BCUT2D eigenvalue weighted by molar-refractivity contribution is 9.10. The van der Waals surface area contributed by atoms with Gasteiger partial charge >= 0.3 is 0 Å². The number of halogens is 1. The fourth-order valence-corrected chi connectivity index (χ4v) is 2.10. The van der Waals surface area contributed by atoms with Gasteiger partial charge in [0.15, 0.2) is 0 Å². The second-order valence-electron chi connectivity index (χ2n) is 4.09. The Hall–Kier alpha value is -1.88. The van der Waals surface area contributed by atoms with Gasteiger partial charge in [-0.3, -0.25) is 10.1 Å². The first kappa shape index (κ1) is 13.5. The minimum absolute atomic E-state index is 0.105. The fourth-order valence-electron chi connectivity index (χ4n) is 1.70. The molecular formula is C14H12BrNO3. The normalized spacial score (nSPS) is 10.2. The predicted molar refractivity (Wildman–Crippen MR) is 76.3 cm³/mol. The van der Waals surface area contributed by atoms with Crippen molar-refractivity contribution >= 4 is 21.6 Å². The topological polar surface area (TPSA) is 52.4 Å². The summed E-state index contributed by atoms with van der Waals surface area (Å²) in [6, 6.07) is 12.5. The van der Waals surface area contributed by atoms with Crippen LogP contribution in [0.5, 0.6) is 5.75 Å². The Kier molecular flexibility index (Phi) is 4.16. The van der Waals surface area contributed by atoms with Crippen molar-refractivity contribution in [2.75, 3.05) is 0 Å². The first-order chi connectivity index (χ1) is 9.08. The number of ether oxygens (including phenoxy) is 1. The van der Waals surface area contributed by atoms with E-state index in [1.165, 1.54) is 6.07 Å². The summed E-state index contributed by atoms with van der Waals surface area (Å²) in [5.74, 6) is 0.624. The van der Waals surface area contributed by atoms with Gasteiger partial charge in [-0.2, -0.15) is 0 Å². The molecule has 0 N–H and O–H groups in total. The third-order valence-corrected chi connectivity index (χ3v) is 3.49. The highest BCUT2D eigenvalue weighted by Crippen LogP contribution is 2.24. The molecule has 2 aromatic rings. The molecule has 0 bridgehead atoms. The summed E-state index contributed by atoms with van der Waals surface area (Å²) in [6.07, 6.45) is 0. The van der Waals surface area contributed by atoms with Crippen molar-refractivity contribution in [2.45, 2.75) is 13.5 Å². The van der Waals surface area contributed by atoms with Crippen molar-refractivity contribution in [1.82, 2.24) is 0 Å². The van der Waals surface area contributed by atoms with Crippen LogP contribution in [-0.4, -0.2) is 4.92 Å². The second kappa shape index (κ2) is 5.84. The second-order valence-corrected chi connectivity index (χ2v) is 4.94. The van der Waals surface area contributed by atoms with Crippen molar-refractivity contribution in [3.63, 3.8) is 0 Å². The van der Waals surface area contributed by atoms with Crippen LogP contribution in [0.1, 0.15) is 11.1 Å². The summed E-state index contributed by atoms with van der Waals surface area (Å²) >= 11 is 3.45. The minimum Gasteiger partial charge on any atom is -0.489 e. The van der Waals surface area contributed by atoms with Crippen molar-refractivity contribution in [1.29, 1.82) is 0 Å². The predicted octanol–water partition coefficient (Wildman–Crippen LogP) is 4.24. The van der Waals surface area contributed by atoms with E-state index in [1.54, 1.807) is 19.1 Å². The monoisotopic (exact) mass is 321 g/mol. The molecule has 4 nitrogen and oxygen atoms in total. The molecule has 0 unspecified atom stereocenters. The van der Waals surface area contributed by atoms with Crippen molar-refractivity contribution < 1.29 is 9.66 Å². The summed E-state index contributed by atoms with van der Waals surface area (Å²) in [7, 11) is 0. The third-order valence-electron chi connectivity index (χ3n) is 2.72. The van der Waals surface area contributed by atoms with Gasteiger partial charge in [0.25, 0.3) is 5.69 Å². The summed E-state index contributed by atoms with van der Waals surface area (Å²) in [5.41, 5.74) is 1.72. The molecule has 5 heteroatoms. The Balaban J connectivity index is 2.11. The van der Waals surface area contributed by atoms with E-state index in [1.807, 2.05) is 24.3 Å². The number of nitro benzene ring substituents is 1. The maximum absolute atomic E-state index is 10.7. The number of hydrogen-bond acceptors (Lipinski definition) is 3. The first-order valence-corrected chi connectivity index (χ1v) is 6.48. The van der Waals surface area contributed by atoms with Crippen LogP contribution in [0.25, 0.3) is 0 Å². The molecule has 0 atom stereocenters. The van der Waals surface area contributed by atoms with Gasteiger partial charge in [-0.15, -0.1) is 0 Å². The molecule has 0 aliphatic carbocycles. The van der Waals surface area contributed by atoms with Gasteiger partial charge in [0.2, 0.25) is 0 Å². The van der Waals surface area contributed by atoms with Crippen LogP contribution in [0, 0.1) is 17.0 Å². The van der Waals surface area contributed by atoms with Crippen LogP contribution in [0.4, 0.5) is 5.69 Å². The summed E-state index contributed by atoms with van der Waals surface area (Å²) in [6.45, 7) is 2.11. The highest BCUT2D eigenvalue weighted by Gasteiger charge is 2.10. The lowest BCUT2D eigenvalue weighted by atomic mass is 10.2. The Morgan fingerprint density at radius 1 is 1.26 bits per heavy atom. The Bertz CT molecular complexity index is 613. The lowest BCUT2D eigenvalue weighted by Gasteiger charge is -2.08. The van der Waals surface area contributed by atoms with Gasteiger partial charge in [0.05, 0.1) is 4.92 Å². The number of nitro groups is 1. The van der Waals surface area contributed by atoms with Crippen molar-refractivity contribution in [2.24, 2.45) is 0 Å². The average molecular weight is 322 g/mol. The zero-order valence-corrected chi connectivity index (χ0v) is 11.9. The van der Waals surface area contributed by atoms with E-state index in [-0.39, 0.29) is 5.69 Å². The smallest absolute Gasteiger partial charge is 0.272 e. The molecule has 0 fully saturated rings. The van der Waals surface area contributed by atoms with E-state index in [2.05, 4.69) is 15.9 Å². The van der Waals surface area contributed by atoms with E-state index in [0.717, 1.165) is 10.0 Å². The highest BCUT2D eigenvalue weighted by atomic mass is 79.9. The molecule has 0 aromatic heterocycles. The van der Waals surface area contributed by atoms with Crippen LogP contribution < -0.4 is 4.74 Å². The summed E-state index contributed by atoms with van der Waals surface area (Å²) in [5, 5.41) is 10.7. The SMILES string of the molecule is Cc1cc(OCc2ccccc2Br)ccc1[N+](=O)[O-]. The van der Waals surface area contributed by atoms with E-state index >= 15 is 0 Å². The number of rotatable bonds is 4. The van der Waals surface area contributed by atoms with Gasteiger partial charge in [0, 0.05) is 21.7 Å². The van der Waals surface area contributed by atoms with Gasteiger partial charge < -0.3 is 4.74 Å². The average Bonchev–Trinajstić information content (AvgIpc) is 2.37. The number of benzene rings is 2. The van der Waals surface area contributed by atoms with Crippen LogP contribution in [-0.2, 0) is 6.61 Å². The number of aryl methyl sites for hydroxylation is 1. The van der Waals surface area contributed by atoms with E-state index < -0.39 is 4.92 Å². The standard InChI is InChI=1S/C14H12BrNO3/c1-10-8-12(6-7-14(10)16(17)18)19-9-11-4-2-3-5-13(11)15/h2-8H,9H2,1H3. The Morgan fingerprint density at radius 3 is 2.63 bits per heavy atom. The molecule has 98 valence electrons. The largest absolute Gasteiger partial charge is 0.489 e. The van der Waals surface area contributed by atoms with Gasteiger partial charge in [-0.1, -0.05) is 34.1 Å². The molecule has 0 aliphatic rings. The van der Waals surface area contributed by atoms with Gasteiger partial charge in [-0.05, 0) is 25.1 Å². The van der Waals surface area contributed by atoms with Crippen molar-refractivity contribution in [3.8, 4) is 5.75 Å². The van der Waals surface area contributed by atoms with Gasteiger partial charge in [0.1, 0.15) is 12.4 Å². The van der Waals surface area contributed by atoms with Crippen LogP contribution in [0.15, 0.2) is 46.9 Å². The lowest BCUT2D eigenvalue weighted by Crippen LogP contribution is -1.98. The lowest BCUT2D eigenvalue weighted by molar-refractivity contribution is -0.385. The van der Waals surface area contributed by atoms with Crippen LogP contribution in [0.2, 0.25) is 0 Å². The maximum Gasteiger partial charge on any atom is 0.272 e. The number of hydrogen-bond donors (Lipinski definition) is 0. The van der Waals surface area contributed by atoms with Crippen LogP contribution >= 0.6 is 15.9 Å². The molecule has 0 saturated heterocycles. The minimum atomic E-state index is -0.396. The zero-order chi connectivity index (χ0) is 13.8. The van der Waals surface area contributed by atoms with E-state index in [9.17, 15) is 10.1 Å². The Morgan fingerprint density at radius 2 is 2.00 bits per heavy atom. The third kappa shape index (κ3) is 3.32. The number of nitrogens with zero attached hydrogens (tertiary/aromatic N) is 1. The maximum atomic E-state index is 10.7. The first-order valence-electron chi connectivity index (χ1n) is 5.69. The summed E-state index contributed by atoms with van der Waals surface area (Å²) in [4.78, 5) is 10.3. The molecule has 0 saturated carbocycles. The molecule has 0 heterocycles. The van der Waals surface area contributed by atoms with Crippen LogP contribution in [0.3, 0.4) is 0 Å². The van der Waals surface area contributed by atoms with Crippen molar-refractivity contribution in [3.05, 3.63) is 68.2 Å². The quantitative estimate of drug-likeness (QED) is 0.625. The molecule has 2 aromatic carbocycles. The molecule has 0 aliphatic heterocycles. The molecule has 0 amide bonds. The molecular weight excluding hydrogens is 310 g/mol. The van der Waals surface area contributed by atoms with Gasteiger partial charge in [-0.25, -0.2) is 0 Å².